The van der Waals surface area contributed by atoms with Gasteiger partial charge in [0.25, 0.3) is 11.6 Å². The van der Waals surface area contributed by atoms with Gasteiger partial charge in [0.2, 0.25) is 0 Å². The third-order valence-electron chi connectivity index (χ3n) is 4.45. The number of benzene rings is 2. The first-order chi connectivity index (χ1) is 14.4. The summed E-state index contributed by atoms with van der Waals surface area (Å²) in [5.41, 5.74) is 2.34. The van der Waals surface area contributed by atoms with Crippen molar-refractivity contribution in [1.82, 2.24) is 9.97 Å². The van der Waals surface area contributed by atoms with Crippen LogP contribution < -0.4 is 4.90 Å². The van der Waals surface area contributed by atoms with Crippen LogP contribution in [-0.2, 0) is 6.54 Å². The summed E-state index contributed by atoms with van der Waals surface area (Å²) in [4.78, 5) is 34.4. The van der Waals surface area contributed by atoms with Crippen molar-refractivity contribution in [2.75, 3.05) is 4.90 Å². The van der Waals surface area contributed by atoms with E-state index >= 15 is 0 Å². The molecule has 0 saturated carbocycles. The van der Waals surface area contributed by atoms with Crippen molar-refractivity contribution in [3.8, 4) is 0 Å². The van der Waals surface area contributed by atoms with Crippen LogP contribution in [0, 0.1) is 17.0 Å². The Morgan fingerprint density at radius 2 is 2.03 bits per heavy atom. The van der Waals surface area contributed by atoms with E-state index in [4.69, 9.17) is 11.6 Å². The fourth-order valence-corrected chi connectivity index (χ4v) is 4.21. The number of nitrogens with zero attached hydrogens (tertiary/aromatic N) is 4. The van der Waals surface area contributed by atoms with Gasteiger partial charge in [-0.3, -0.25) is 24.8 Å². The second-order valence-electron chi connectivity index (χ2n) is 6.60. The highest BCUT2D eigenvalue weighted by molar-refractivity contribution is 7.22. The van der Waals surface area contributed by atoms with Crippen molar-refractivity contribution in [2.24, 2.45) is 0 Å². The van der Waals surface area contributed by atoms with E-state index in [1.807, 2.05) is 31.2 Å². The van der Waals surface area contributed by atoms with Gasteiger partial charge in [0.05, 0.1) is 38.0 Å². The molecule has 2 aromatic carbocycles. The summed E-state index contributed by atoms with van der Waals surface area (Å²) in [6, 6.07) is 15.1. The molecule has 0 aliphatic heterocycles. The first kappa shape index (κ1) is 19.9. The van der Waals surface area contributed by atoms with Gasteiger partial charge in [-0.15, -0.1) is 0 Å². The van der Waals surface area contributed by atoms with Crippen LogP contribution in [0.5, 0.6) is 0 Å². The molecule has 0 aliphatic carbocycles. The van der Waals surface area contributed by atoms with Crippen LogP contribution in [0.25, 0.3) is 10.2 Å². The molecule has 0 radical (unpaired) electrons. The molecule has 1 amide bonds. The van der Waals surface area contributed by atoms with Crippen LogP contribution >= 0.6 is 22.9 Å². The topological polar surface area (TPSA) is 89.2 Å². The van der Waals surface area contributed by atoms with Crippen molar-refractivity contribution >= 4 is 49.9 Å². The van der Waals surface area contributed by atoms with Gasteiger partial charge in [0.1, 0.15) is 0 Å². The molecule has 4 aromatic rings. The number of fused-ring (bicyclic) bond motifs is 1. The number of anilines is 1. The van der Waals surface area contributed by atoms with Gasteiger partial charge in [-0.2, -0.15) is 0 Å². The molecule has 4 rings (SSSR count). The summed E-state index contributed by atoms with van der Waals surface area (Å²) < 4.78 is 0.939. The maximum absolute atomic E-state index is 13.4. The Hall–Kier alpha value is -3.36. The van der Waals surface area contributed by atoms with Crippen LogP contribution in [0.1, 0.15) is 21.6 Å². The van der Waals surface area contributed by atoms with Gasteiger partial charge in [0.15, 0.2) is 5.13 Å². The highest BCUT2D eigenvalue weighted by Crippen LogP contribution is 2.33. The molecule has 150 valence electrons. The molecule has 0 N–H and O–H groups in total. The van der Waals surface area contributed by atoms with Gasteiger partial charge in [-0.05, 0) is 42.8 Å². The Bertz CT molecular complexity index is 1260. The van der Waals surface area contributed by atoms with E-state index in [-0.39, 0.29) is 22.8 Å². The average molecular weight is 439 g/mol. The fourth-order valence-electron chi connectivity index (χ4n) is 2.95. The summed E-state index contributed by atoms with van der Waals surface area (Å²) in [7, 11) is 0. The maximum Gasteiger partial charge on any atom is 0.270 e. The van der Waals surface area contributed by atoms with E-state index in [0.717, 1.165) is 15.8 Å². The molecule has 0 saturated heterocycles. The van der Waals surface area contributed by atoms with Gasteiger partial charge in [-0.1, -0.05) is 35.1 Å². The van der Waals surface area contributed by atoms with Crippen molar-refractivity contribution in [2.45, 2.75) is 13.5 Å². The smallest absolute Gasteiger partial charge is 0.270 e. The number of nitro benzene ring substituents is 1. The van der Waals surface area contributed by atoms with Crippen LogP contribution in [0.3, 0.4) is 0 Å². The number of amides is 1. The van der Waals surface area contributed by atoms with Crippen LogP contribution in [0.15, 0.2) is 60.8 Å². The summed E-state index contributed by atoms with van der Waals surface area (Å²) in [6.45, 7) is 2.13. The number of nitro groups is 1. The average Bonchev–Trinajstić information content (AvgIpc) is 3.15. The molecule has 2 aromatic heterocycles. The number of aromatic nitrogens is 2. The zero-order valence-electron chi connectivity index (χ0n) is 15.8. The molecular weight excluding hydrogens is 424 g/mol. The molecule has 0 atom stereocenters. The molecular formula is C21H15ClN4O3S. The first-order valence-electron chi connectivity index (χ1n) is 8.95. The number of hydrogen-bond donors (Lipinski definition) is 0. The predicted molar refractivity (Wildman–Crippen MR) is 117 cm³/mol. The third kappa shape index (κ3) is 4.00. The normalized spacial score (nSPS) is 10.9. The first-order valence-corrected chi connectivity index (χ1v) is 10.1. The van der Waals surface area contributed by atoms with Crippen molar-refractivity contribution in [3.63, 3.8) is 0 Å². The Labute approximate surface area is 180 Å². The summed E-state index contributed by atoms with van der Waals surface area (Å²) >= 11 is 7.59. The Morgan fingerprint density at radius 1 is 1.20 bits per heavy atom. The lowest BCUT2D eigenvalue weighted by atomic mass is 10.1. The van der Waals surface area contributed by atoms with Gasteiger partial charge < -0.3 is 0 Å². The number of rotatable bonds is 5. The maximum atomic E-state index is 13.4. The van der Waals surface area contributed by atoms with Crippen LogP contribution in [0.2, 0.25) is 5.02 Å². The van der Waals surface area contributed by atoms with Crippen molar-refractivity contribution in [1.29, 1.82) is 0 Å². The minimum absolute atomic E-state index is 0.0391. The van der Waals surface area contributed by atoms with Gasteiger partial charge in [0, 0.05) is 18.3 Å². The number of carbonyl (C=O) groups excluding carboxylic acids is 1. The van der Waals surface area contributed by atoms with Crippen molar-refractivity contribution in [3.05, 3.63) is 92.8 Å². The van der Waals surface area contributed by atoms with E-state index in [1.165, 1.54) is 34.4 Å². The molecule has 0 bridgehead atoms. The number of halogens is 1. The van der Waals surface area contributed by atoms with E-state index in [0.29, 0.717) is 10.8 Å². The number of non-ortho nitro benzene ring substituents is 1. The van der Waals surface area contributed by atoms with Gasteiger partial charge >= 0.3 is 0 Å². The molecule has 0 fully saturated rings. The molecule has 2 heterocycles. The lowest BCUT2D eigenvalue weighted by Gasteiger charge is -2.20. The number of thiazole rings is 1. The van der Waals surface area contributed by atoms with E-state index < -0.39 is 10.8 Å². The standard InChI is InChI=1S/C21H15ClN4O3S/c1-13-5-8-18-19(10-13)30-21(24-18)25(12-14-4-2-3-9-23-14)20(27)16-11-15(26(28)29)6-7-17(16)22/h2-11H,12H2,1H3. The predicted octanol–water partition coefficient (Wildman–Crippen LogP) is 5.41. The molecule has 0 spiro atoms. The number of pyridine rings is 1. The lowest BCUT2D eigenvalue weighted by Crippen LogP contribution is -2.31. The summed E-state index contributed by atoms with van der Waals surface area (Å²) in [6.07, 6.45) is 1.64. The zero-order chi connectivity index (χ0) is 21.3. The minimum Gasteiger partial charge on any atom is -0.278 e. The molecule has 0 aliphatic rings. The largest absolute Gasteiger partial charge is 0.278 e. The Balaban J connectivity index is 1.81. The number of aryl methyl sites for hydroxylation is 1. The van der Waals surface area contributed by atoms with Crippen LogP contribution in [-0.4, -0.2) is 20.8 Å². The fraction of sp³-hybridized carbons (Fsp3) is 0.0952. The van der Waals surface area contributed by atoms with Crippen LogP contribution in [0.4, 0.5) is 10.8 Å². The minimum atomic E-state index is -0.559. The number of carbonyl (C=O) groups is 1. The number of hydrogen-bond acceptors (Lipinski definition) is 6. The quantitative estimate of drug-likeness (QED) is 0.307. The molecule has 7 nitrogen and oxygen atoms in total. The zero-order valence-corrected chi connectivity index (χ0v) is 17.4. The van der Waals surface area contributed by atoms with E-state index in [1.54, 1.807) is 18.3 Å². The highest BCUT2D eigenvalue weighted by Gasteiger charge is 2.25. The summed E-state index contributed by atoms with van der Waals surface area (Å²) in [5, 5.41) is 11.8. The summed E-state index contributed by atoms with van der Waals surface area (Å²) in [5.74, 6) is -0.481. The van der Waals surface area contributed by atoms with Gasteiger partial charge in [-0.25, -0.2) is 4.98 Å². The van der Waals surface area contributed by atoms with E-state index in [2.05, 4.69) is 9.97 Å². The second kappa shape index (κ2) is 8.17. The second-order valence-corrected chi connectivity index (χ2v) is 8.02. The van der Waals surface area contributed by atoms with Crippen molar-refractivity contribution < 1.29 is 9.72 Å². The Kier molecular flexibility index (Phi) is 5.43. The molecule has 30 heavy (non-hydrogen) atoms. The molecule has 9 heteroatoms. The third-order valence-corrected chi connectivity index (χ3v) is 5.82. The SMILES string of the molecule is Cc1ccc2nc(N(Cc3ccccn3)C(=O)c3cc([N+](=O)[O-])ccc3Cl)sc2c1. The van der Waals surface area contributed by atoms with E-state index in [9.17, 15) is 14.9 Å². The Morgan fingerprint density at radius 3 is 2.77 bits per heavy atom. The highest BCUT2D eigenvalue weighted by atomic mass is 35.5. The molecule has 0 unspecified atom stereocenters. The lowest BCUT2D eigenvalue weighted by molar-refractivity contribution is -0.384. The monoisotopic (exact) mass is 438 g/mol.